The minimum absolute atomic E-state index is 0. The molecule has 0 aliphatic heterocycles. The van der Waals surface area contributed by atoms with Crippen molar-refractivity contribution in [3.8, 4) is 0 Å². The van der Waals surface area contributed by atoms with Gasteiger partial charge in [0.25, 0.3) is 0 Å². The number of nitrogens with two attached hydrogens (primary N) is 1. The maximum absolute atomic E-state index is 12.4. The summed E-state index contributed by atoms with van der Waals surface area (Å²) in [6, 6.07) is 7.83. The predicted octanol–water partition coefficient (Wildman–Crippen LogP) is 3.29. The van der Waals surface area contributed by atoms with Gasteiger partial charge in [-0.2, -0.15) is 0 Å². The number of amides is 1. The van der Waals surface area contributed by atoms with Crippen LogP contribution in [0.1, 0.15) is 26.7 Å². The molecular weight excluding hydrogens is 274 g/mol. The number of hydrogen-bond donors (Lipinski definition) is 3. The van der Waals surface area contributed by atoms with Crippen molar-refractivity contribution in [2.45, 2.75) is 26.7 Å². The Hall–Kier alpha value is -1.52. The van der Waals surface area contributed by atoms with Gasteiger partial charge >= 0.3 is 0 Å². The van der Waals surface area contributed by atoms with Crippen LogP contribution < -0.4 is 11.1 Å². The van der Waals surface area contributed by atoms with E-state index < -0.39 is 5.41 Å². The molecule has 0 unspecified atom stereocenters. The lowest BCUT2D eigenvalue weighted by atomic mass is 9.81. The van der Waals surface area contributed by atoms with E-state index in [1.807, 2.05) is 44.3 Å². The van der Waals surface area contributed by atoms with Gasteiger partial charge in [-0.25, -0.2) is 0 Å². The highest BCUT2D eigenvalue weighted by Gasteiger charge is 2.33. The van der Waals surface area contributed by atoms with Gasteiger partial charge in [-0.15, -0.1) is 12.4 Å². The molecule has 2 aromatic rings. The van der Waals surface area contributed by atoms with Crippen LogP contribution in [0.3, 0.4) is 0 Å². The van der Waals surface area contributed by atoms with Gasteiger partial charge in [0.2, 0.25) is 5.91 Å². The highest BCUT2D eigenvalue weighted by molar-refractivity contribution is 5.97. The van der Waals surface area contributed by atoms with Crippen molar-refractivity contribution < 1.29 is 4.79 Å². The van der Waals surface area contributed by atoms with E-state index in [4.69, 9.17) is 5.73 Å². The van der Waals surface area contributed by atoms with Crippen molar-refractivity contribution in [3.05, 3.63) is 30.5 Å². The highest BCUT2D eigenvalue weighted by atomic mass is 35.5. The first-order valence-corrected chi connectivity index (χ1v) is 6.74. The minimum Gasteiger partial charge on any atom is -0.361 e. The fraction of sp³-hybridized carbons (Fsp3) is 0.400. The number of hydrogen-bond acceptors (Lipinski definition) is 2. The second kappa shape index (κ2) is 6.77. The molecule has 0 radical (unpaired) electrons. The van der Waals surface area contributed by atoms with Crippen molar-refractivity contribution in [2.75, 3.05) is 11.9 Å². The molecule has 4 N–H and O–H groups in total. The number of halogens is 1. The smallest absolute Gasteiger partial charge is 0.231 e. The van der Waals surface area contributed by atoms with Crippen molar-refractivity contribution in [1.82, 2.24) is 4.98 Å². The minimum atomic E-state index is -0.465. The first-order chi connectivity index (χ1) is 9.15. The van der Waals surface area contributed by atoms with Gasteiger partial charge < -0.3 is 16.0 Å². The molecule has 2 rings (SSSR count). The van der Waals surface area contributed by atoms with Crippen LogP contribution in [-0.4, -0.2) is 17.4 Å². The largest absolute Gasteiger partial charge is 0.361 e. The number of anilines is 1. The summed E-state index contributed by atoms with van der Waals surface area (Å²) < 4.78 is 0. The van der Waals surface area contributed by atoms with Crippen molar-refractivity contribution in [1.29, 1.82) is 0 Å². The van der Waals surface area contributed by atoms with Gasteiger partial charge in [-0.05, 0) is 37.1 Å². The fourth-order valence-corrected chi connectivity index (χ4v) is 2.35. The lowest BCUT2D eigenvalue weighted by Gasteiger charge is -2.28. The maximum Gasteiger partial charge on any atom is 0.231 e. The zero-order chi connectivity index (χ0) is 13.9. The van der Waals surface area contributed by atoms with E-state index in [2.05, 4.69) is 10.3 Å². The number of aromatic nitrogens is 1. The van der Waals surface area contributed by atoms with E-state index in [1.54, 1.807) is 0 Å². The van der Waals surface area contributed by atoms with Gasteiger partial charge in [0.05, 0.1) is 5.41 Å². The van der Waals surface area contributed by atoms with E-state index >= 15 is 0 Å². The number of benzene rings is 1. The molecule has 4 nitrogen and oxygen atoms in total. The number of fused-ring (bicyclic) bond motifs is 1. The van der Waals surface area contributed by atoms with Gasteiger partial charge in [-0.1, -0.05) is 13.8 Å². The summed E-state index contributed by atoms with van der Waals surface area (Å²) in [5, 5.41) is 4.07. The number of aromatic amines is 1. The summed E-state index contributed by atoms with van der Waals surface area (Å²) in [5.41, 5.74) is 7.21. The van der Waals surface area contributed by atoms with Crippen LogP contribution in [-0.2, 0) is 4.79 Å². The third kappa shape index (κ3) is 2.97. The van der Waals surface area contributed by atoms with Crippen molar-refractivity contribution >= 4 is 34.9 Å². The molecule has 110 valence electrons. The molecule has 0 saturated carbocycles. The average molecular weight is 296 g/mol. The normalized spacial score (nSPS) is 11.2. The second-order valence-corrected chi connectivity index (χ2v) is 4.93. The molecule has 1 aromatic carbocycles. The standard InChI is InChI=1S/C15H21N3O.ClH/c1-3-15(4-2,10-16)14(19)18-12-5-6-13-11(9-12)7-8-17-13;/h5-9,17H,3-4,10,16H2,1-2H3,(H,18,19);1H. The Kier molecular flexibility index (Phi) is 5.60. The summed E-state index contributed by atoms with van der Waals surface area (Å²) in [6.45, 7) is 4.38. The van der Waals surface area contributed by atoms with Crippen LogP contribution >= 0.6 is 12.4 Å². The SMILES string of the molecule is CCC(CC)(CN)C(=O)Nc1ccc2[nH]ccc2c1.Cl. The molecule has 0 saturated heterocycles. The Morgan fingerprint density at radius 1 is 1.30 bits per heavy atom. The van der Waals surface area contributed by atoms with E-state index in [9.17, 15) is 4.79 Å². The Morgan fingerprint density at radius 2 is 2.00 bits per heavy atom. The van der Waals surface area contributed by atoms with Gasteiger partial charge in [-0.3, -0.25) is 4.79 Å². The van der Waals surface area contributed by atoms with E-state index in [1.165, 1.54) is 0 Å². The van der Waals surface area contributed by atoms with Crippen LogP contribution in [0.5, 0.6) is 0 Å². The Morgan fingerprint density at radius 3 is 2.60 bits per heavy atom. The molecule has 1 heterocycles. The van der Waals surface area contributed by atoms with Crippen LogP contribution in [0.4, 0.5) is 5.69 Å². The van der Waals surface area contributed by atoms with Gasteiger partial charge in [0.15, 0.2) is 0 Å². The van der Waals surface area contributed by atoms with Crippen LogP contribution in [0.15, 0.2) is 30.5 Å². The molecular formula is C15H22ClN3O. The van der Waals surface area contributed by atoms with Crippen LogP contribution in [0.25, 0.3) is 10.9 Å². The van der Waals surface area contributed by atoms with Crippen molar-refractivity contribution in [2.24, 2.45) is 11.1 Å². The van der Waals surface area contributed by atoms with Gasteiger partial charge in [0, 0.05) is 29.3 Å². The number of carbonyl (C=O) groups excluding carboxylic acids is 1. The monoisotopic (exact) mass is 295 g/mol. The molecule has 0 aliphatic carbocycles. The average Bonchev–Trinajstić information content (AvgIpc) is 2.89. The first kappa shape index (κ1) is 16.5. The Bertz CT molecular complexity index is 567. The number of H-pyrrole nitrogens is 1. The first-order valence-electron chi connectivity index (χ1n) is 6.74. The molecule has 20 heavy (non-hydrogen) atoms. The number of rotatable bonds is 5. The van der Waals surface area contributed by atoms with Crippen molar-refractivity contribution in [3.63, 3.8) is 0 Å². The molecule has 0 bridgehead atoms. The third-order valence-corrected chi connectivity index (χ3v) is 4.04. The number of carbonyl (C=O) groups is 1. The molecule has 5 heteroatoms. The third-order valence-electron chi connectivity index (χ3n) is 4.04. The van der Waals surface area contributed by atoms with E-state index in [-0.39, 0.29) is 18.3 Å². The molecule has 1 aromatic heterocycles. The zero-order valence-electron chi connectivity index (χ0n) is 11.9. The number of nitrogens with one attached hydrogen (secondary N) is 2. The van der Waals surface area contributed by atoms with E-state index in [0.717, 1.165) is 29.4 Å². The lowest BCUT2D eigenvalue weighted by molar-refractivity contribution is -0.125. The Labute approximate surface area is 125 Å². The summed E-state index contributed by atoms with van der Waals surface area (Å²) >= 11 is 0. The topological polar surface area (TPSA) is 70.9 Å². The lowest BCUT2D eigenvalue weighted by Crippen LogP contribution is -2.41. The highest BCUT2D eigenvalue weighted by Crippen LogP contribution is 2.27. The van der Waals surface area contributed by atoms with Crippen LogP contribution in [0, 0.1) is 5.41 Å². The fourth-order valence-electron chi connectivity index (χ4n) is 2.35. The molecule has 0 aliphatic rings. The predicted molar refractivity (Wildman–Crippen MR) is 86.2 cm³/mol. The molecule has 0 atom stereocenters. The maximum atomic E-state index is 12.4. The molecule has 0 spiro atoms. The second-order valence-electron chi connectivity index (χ2n) is 4.93. The van der Waals surface area contributed by atoms with E-state index in [0.29, 0.717) is 6.54 Å². The molecule has 1 amide bonds. The zero-order valence-corrected chi connectivity index (χ0v) is 12.7. The van der Waals surface area contributed by atoms with Gasteiger partial charge in [0.1, 0.15) is 0 Å². The quantitative estimate of drug-likeness (QED) is 0.792. The summed E-state index contributed by atoms with van der Waals surface area (Å²) in [5.74, 6) is 0.00915. The van der Waals surface area contributed by atoms with Crippen LogP contribution in [0.2, 0.25) is 0 Å². The molecule has 0 fully saturated rings. The summed E-state index contributed by atoms with van der Waals surface area (Å²) in [6.07, 6.45) is 3.38. The summed E-state index contributed by atoms with van der Waals surface area (Å²) in [7, 11) is 0. The Balaban J connectivity index is 0.00000200. The summed E-state index contributed by atoms with van der Waals surface area (Å²) in [4.78, 5) is 15.5.